The lowest BCUT2D eigenvalue weighted by molar-refractivity contribution is -0.116. The number of imide groups is 1. The molecule has 2 saturated heterocycles. The summed E-state index contributed by atoms with van der Waals surface area (Å²) in [5, 5.41) is 0. The van der Waals surface area contributed by atoms with Gasteiger partial charge in [0.25, 0.3) is 5.91 Å². The van der Waals surface area contributed by atoms with Crippen molar-refractivity contribution in [2.24, 2.45) is 0 Å². The minimum Gasteiger partial charge on any atom is -0.356 e. The fourth-order valence-electron chi connectivity index (χ4n) is 4.82. The first kappa shape index (κ1) is 18.1. The van der Waals surface area contributed by atoms with Gasteiger partial charge in [-0.15, -0.1) is 0 Å². The van der Waals surface area contributed by atoms with Gasteiger partial charge in [-0.3, -0.25) is 4.79 Å². The van der Waals surface area contributed by atoms with Crippen LogP contribution < -0.4 is 9.80 Å². The number of aromatic nitrogens is 2. The standard InChI is InChI=1S/C22H25N5O2/c1-15-23-19-9-5-8-18(19)21(24-15)25-12-10-16(11-13-25)26-14-20(28)27(22(26)29)17-6-3-2-4-7-17/h2-4,6-7,16H,5,8-14H2,1H3. The molecule has 1 aromatic carbocycles. The SMILES string of the molecule is Cc1nc2c(c(N3CCC(N4CC(=O)N(c5ccccc5)C4=O)CC3)n1)CCC2. The largest absolute Gasteiger partial charge is 0.356 e. The predicted octanol–water partition coefficient (Wildman–Crippen LogP) is 2.71. The quantitative estimate of drug-likeness (QED) is 0.753. The van der Waals surface area contributed by atoms with E-state index in [0.29, 0.717) is 5.69 Å². The van der Waals surface area contributed by atoms with E-state index in [4.69, 9.17) is 4.98 Å². The molecule has 150 valence electrons. The van der Waals surface area contributed by atoms with Crippen molar-refractivity contribution < 1.29 is 9.59 Å². The molecule has 2 fully saturated rings. The summed E-state index contributed by atoms with van der Waals surface area (Å²) < 4.78 is 0. The molecular formula is C22H25N5O2. The van der Waals surface area contributed by atoms with E-state index in [-0.39, 0.29) is 24.5 Å². The molecular weight excluding hydrogens is 366 g/mol. The van der Waals surface area contributed by atoms with E-state index in [1.54, 1.807) is 17.0 Å². The predicted molar refractivity (Wildman–Crippen MR) is 110 cm³/mol. The Morgan fingerprint density at radius 3 is 2.52 bits per heavy atom. The van der Waals surface area contributed by atoms with E-state index >= 15 is 0 Å². The average Bonchev–Trinajstić information content (AvgIpc) is 3.32. The molecule has 0 saturated carbocycles. The highest BCUT2D eigenvalue weighted by Crippen LogP contribution is 2.32. The normalized spacial score (nSPS) is 20.0. The smallest absolute Gasteiger partial charge is 0.332 e. The third-order valence-electron chi connectivity index (χ3n) is 6.23. The molecule has 0 N–H and O–H groups in total. The van der Waals surface area contributed by atoms with E-state index in [2.05, 4.69) is 9.88 Å². The van der Waals surface area contributed by atoms with Crippen LogP contribution in [0.15, 0.2) is 30.3 Å². The number of carbonyl (C=O) groups excluding carboxylic acids is 2. The zero-order valence-electron chi connectivity index (χ0n) is 16.7. The second kappa shape index (κ2) is 7.13. The number of hydrogen-bond acceptors (Lipinski definition) is 5. The minimum absolute atomic E-state index is 0.0902. The van der Waals surface area contributed by atoms with Crippen molar-refractivity contribution in [1.29, 1.82) is 0 Å². The van der Waals surface area contributed by atoms with Gasteiger partial charge in [-0.2, -0.15) is 0 Å². The minimum atomic E-state index is -0.196. The van der Waals surface area contributed by atoms with Gasteiger partial charge in [0.15, 0.2) is 0 Å². The van der Waals surface area contributed by atoms with Crippen molar-refractivity contribution >= 4 is 23.4 Å². The van der Waals surface area contributed by atoms with Crippen LogP contribution in [0.25, 0.3) is 0 Å². The Hall–Kier alpha value is -2.96. The van der Waals surface area contributed by atoms with Crippen molar-refractivity contribution in [2.75, 3.05) is 29.4 Å². The third-order valence-corrected chi connectivity index (χ3v) is 6.23. The number of benzene rings is 1. The van der Waals surface area contributed by atoms with Crippen molar-refractivity contribution in [3.05, 3.63) is 47.4 Å². The fourth-order valence-corrected chi connectivity index (χ4v) is 4.82. The summed E-state index contributed by atoms with van der Waals surface area (Å²) in [5.41, 5.74) is 3.15. The summed E-state index contributed by atoms with van der Waals surface area (Å²) in [4.78, 5) is 40.2. The Kier molecular flexibility index (Phi) is 4.45. The number of carbonyl (C=O) groups is 2. The van der Waals surface area contributed by atoms with Crippen LogP contribution >= 0.6 is 0 Å². The molecule has 0 atom stereocenters. The van der Waals surface area contributed by atoms with Crippen LogP contribution in [0, 0.1) is 6.92 Å². The third kappa shape index (κ3) is 3.14. The second-order valence-electron chi connectivity index (χ2n) is 8.07. The van der Waals surface area contributed by atoms with Gasteiger partial charge in [0, 0.05) is 30.4 Å². The molecule has 0 bridgehead atoms. The Labute approximate surface area is 170 Å². The van der Waals surface area contributed by atoms with E-state index in [1.165, 1.54) is 16.2 Å². The molecule has 2 aliphatic heterocycles. The summed E-state index contributed by atoms with van der Waals surface area (Å²) in [6.45, 7) is 3.82. The molecule has 5 rings (SSSR count). The highest BCUT2D eigenvalue weighted by atomic mass is 16.2. The number of hydrogen-bond donors (Lipinski definition) is 0. The molecule has 7 nitrogen and oxygen atoms in total. The van der Waals surface area contributed by atoms with Gasteiger partial charge in [-0.1, -0.05) is 18.2 Å². The number of piperidine rings is 1. The molecule has 3 aliphatic rings. The van der Waals surface area contributed by atoms with Gasteiger partial charge < -0.3 is 9.80 Å². The topological polar surface area (TPSA) is 69.6 Å². The molecule has 3 amide bonds. The van der Waals surface area contributed by atoms with Crippen molar-refractivity contribution in [3.63, 3.8) is 0 Å². The molecule has 29 heavy (non-hydrogen) atoms. The maximum Gasteiger partial charge on any atom is 0.332 e. The zero-order chi connectivity index (χ0) is 20.0. The van der Waals surface area contributed by atoms with Crippen LogP contribution in [-0.2, 0) is 17.6 Å². The number of urea groups is 1. The second-order valence-corrected chi connectivity index (χ2v) is 8.07. The maximum absolute atomic E-state index is 13.0. The number of fused-ring (bicyclic) bond motifs is 1. The Bertz CT molecular complexity index is 953. The Balaban J connectivity index is 1.29. The van der Waals surface area contributed by atoms with Gasteiger partial charge in [-0.25, -0.2) is 19.7 Å². The van der Waals surface area contributed by atoms with Crippen molar-refractivity contribution in [1.82, 2.24) is 14.9 Å². The van der Waals surface area contributed by atoms with Crippen LogP contribution in [0.3, 0.4) is 0 Å². The molecule has 0 radical (unpaired) electrons. The molecule has 0 unspecified atom stereocenters. The van der Waals surface area contributed by atoms with Crippen LogP contribution in [0.2, 0.25) is 0 Å². The molecule has 2 aromatic rings. The van der Waals surface area contributed by atoms with E-state index in [9.17, 15) is 9.59 Å². The van der Waals surface area contributed by atoms with Crippen LogP contribution in [0.4, 0.5) is 16.3 Å². The summed E-state index contributed by atoms with van der Waals surface area (Å²) in [7, 11) is 0. The summed E-state index contributed by atoms with van der Waals surface area (Å²) in [5.74, 6) is 1.77. The summed E-state index contributed by atoms with van der Waals surface area (Å²) in [6.07, 6.45) is 4.94. The molecule has 3 heterocycles. The lowest BCUT2D eigenvalue weighted by atomic mass is 10.0. The van der Waals surface area contributed by atoms with Crippen molar-refractivity contribution in [2.45, 2.75) is 45.1 Å². The lowest BCUT2D eigenvalue weighted by Crippen LogP contribution is -2.47. The highest BCUT2D eigenvalue weighted by Gasteiger charge is 2.41. The van der Waals surface area contributed by atoms with Crippen molar-refractivity contribution in [3.8, 4) is 0 Å². The van der Waals surface area contributed by atoms with E-state index in [1.807, 2.05) is 25.1 Å². The molecule has 1 aromatic heterocycles. The van der Waals surface area contributed by atoms with Crippen LogP contribution in [0.5, 0.6) is 0 Å². The van der Waals surface area contributed by atoms with Gasteiger partial charge in [-0.05, 0) is 51.2 Å². The number of anilines is 2. The number of para-hydroxylation sites is 1. The van der Waals surface area contributed by atoms with Gasteiger partial charge in [0.1, 0.15) is 18.2 Å². The van der Waals surface area contributed by atoms with Gasteiger partial charge in [0.05, 0.1) is 5.69 Å². The fraction of sp³-hybridized carbons (Fsp3) is 0.455. The average molecular weight is 391 g/mol. The zero-order valence-corrected chi connectivity index (χ0v) is 16.7. The number of amides is 3. The molecule has 7 heteroatoms. The Morgan fingerprint density at radius 2 is 1.76 bits per heavy atom. The van der Waals surface area contributed by atoms with Crippen LogP contribution in [-0.4, -0.2) is 52.5 Å². The summed E-state index contributed by atoms with van der Waals surface area (Å²) in [6, 6.07) is 9.08. The molecule has 0 spiro atoms. The lowest BCUT2D eigenvalue weighted by Gasteiger charge is -2.37. The summed E-state index contributed by atoms with van der Waals surface area (Å²) >= 11 is 0. The van der Waals surface area contributed by atoms with Gasteiger partial charge in [0.2, 0.25) is 0 Å². The number of rotatable bonds is 3. The monoisotopic (exact) mass is 391 g/mol. The van der Waals surface area contributed by atoms with Crippen LogP contribution in [0.1, 0.15) is 36.3 Å². The van der Waals surface area contributed by atoms with E-state index in [0.717, 1.165) is 56.8 Å². The first-order chi connectivity index (χ1) is 14.1. The highest BCUT2D eigenvalue weighted by molar-refractivity contribution is 6.19. The first-order valence-corrected chi connectivity index (χ1v) is 10.4. The van der Waals surface area contributed by atoms with E-state index < -0.39 is 0 Å². The Morgan fingerprint density at radius 1 is 1.00 bits per heavy atom. The first-order valence-electron chi connectivity index (χ1n) is 10.4. The van der Waals surface area contributed by atoms with Gasteiger partial charge >= 0.3 is 6.03 Å². The number of aryl methyl sites for hydroxylation is 2. The number of nitrogens with zero attached hydrogens (tertiary/aromatic N) is 5. The molecule has 1 aliphatic carbocycles. The maximum atomic E-state index is 13.0.